The molecule has 3 rings (SSSR count). The van der Waals surface area contributed by atoms with Gasteiger partial charge in [-0.1, -0.05) is 30.3 Å². The smallest absolute Gasteiger partial charge is 0.0998 e. The van der Waals surface area contributed by atoms with Gasteiger partial charge in [-0.15, -0.1) is 0 Å². The normalized spacial score (nSPS) is 10.4. The molecule has 0 N–H and O–H groups in total. The summed E-state index contributed by atoms with van der Waals surface area (Å²) in [6.07, 6.45) is 0. The maximum atomic E-state index is 9.04. The predicted octanol–water partition coefficient (Wildman–Crippen LogP) is 3.66. The van der Waals surface area contributed by atoms with Gasteiger partial charge in [0, 0.05) is 5.39 Å². The maximum absolute atomic E-state index is 9.04. The first-order valence-corrected chi connectivity index (χ1v) is 5.12. The second kappa shape index (κ2) is 3.36. The van der Waals surface area contributed by atoms with E-state index in [1.807, 2.05) is 12.1 Å². The zero-order chi connectivity index (χ0) is 11.0. The molecule has 0 saturated heterocycles. The molecule has 0 unspecified atom stereocenters. The Labute approximate surface area is 93.6 Å². The Morgan fingerprint density at radius 1 is 1.00 bits per heavy atom. The third-order valence-corrected chi connectivity index (χ3v) is 2.79. The second-order valence-corrected chi connectivity index (χ2v) is 3.75. The van der Waals surface area contributed by atoms with Crippen LogP contribution in [0.5, 0.6) is 0 Å². The van der Waals surface area contributed by atoms with Crippen LogP contribution in [0.2, 0.25) is 0 Å². The highest BCUT2D eigenvalue weighted by atomic mass is 14.2. The fourth-order valence-corrected chi connectivity index (χ4v) is 1.98. The van der Waals surface area contributed by atoms with E-state index in [1.54, 1.807) is 12.1 Å². The van der Waals surface area contributed by atoms with Gasteiger partial charge in [-0.25, -0.2) is 0 Å². The summed E-state index contributed by atoms with van der Waals surface area (Å²) in [6, 6.07) is 21.3. The minimum absolute atomic E-state index is 0.708. The van der Waals surface area contributed by atoms with Crippen LogP contribution in [0.15, 0.2) is 48.5 Å². The molecule has 73 valence electrons. The van der Waals surface area contributed by atoms with Crippen LogP contribution in [0.25, 0.3) is 21.5 Å². The van der Waals surface area contributed by atoms with E-state index >= 15 is 0 Å². The zero-order valence-electron chi connectivity index (χ0n) is 8.57. The molecule has 0 spiro atoms. The summed E-state index contributed by atoms with van der Waals surface area (Å²) < 4.78 is 0. The standard InChI is InChI=1S/C15H8N/c16-10-14-7-3-6-13-8-11-4-1-2-5-12(11)9-15(13)14/h1-5,7-9H. The molecule has 0 aliphatic rings. The van der Waals surface area contributed by atoms with Crippen molar-refractivity contribution in [3.63, 3.8) is 0 Å². The summed E-state index contributed by atoms with van der Waals surface area (Å²) in [4.78, 5) is 0. The van der Waals surface area contributed by atoms with Gasteiger partial charge >= 0.3 is 0 Å². The van der Waals surface area contributed by atoms with Gasteiger partial charge < -0.3 is 0 Å². The molecule has 0 saturated carbocycles. The molecule has 0 bridgehead atoms. The molecule has 0 atom stereocenters. The molecule has 16 heavy (non-hydrogen) atoms. The number of nitriles is 1. The Morgan fingerprint density at radius 2 is 1.75 bits per heavy atom. The SMILES string of the molecule is N#Cc1cc[c]c2cc3ccccc3cc12. The third-order valence-electron chi connectivity index (χ3n) is 2.79. The Bertz CT molecular complexity index is 720. The first kappa shape index (κ1) is 8.94. The Kier molecular flexibility index (Phi) is 1.88. The minimum Gasteiger partial charge on any atom is -0.192 e. The van der Waals surface area contributed by atoms with E-state index in [1.165, 1.54) is 5.39 Å². The van der Waals surface area contributed by atoms with E-state index in [2.05, 4.69) is 36.4 Å². The van der Waals surface area contributed by atoms with Gasteiger partial charge in [0.1, 0.15) is 0 Å². The van der Waals surface area contributed by atoms with Gasteiger partial charge in [0.2, 0.25) is 0 Å². The molecule has 0 aliphatic heterocycles. The van der Waals surface area contributed by atoms with Crippen LogP contribution in [0, 0.1) is 17.4 Å². The summed E-state index contributed by atoms with van der Waals surface area (Å²) in [7, 11) is 0. The number of nitrogens with zero attached hydrogens (tertiary/aromatic N) is 1. The molecule has 0 heterocycles. The molecule has 3 aromatic rings. The lowest BCUT2D eigenvalue weighted by Gasteiger charge is -2.02. The van der Waals surface area contributed by atoms with Crippen LogP contribution in [0.3, 0.4) is 0 Å². The predicted molar refractivity (Wildman–Crippen MR) is 65.0 cm³/mol. The van der Waals surface area contributed by atoms with Crippen molar-refractivity contribution in [3.05, 3.63) is 60.2 Å². The lowest BCUT2D eigenvalue weighted by atomic mass is 10.0. The largest absolute Gasteiger partial charge is 0.192 e. The van der Waals surface area contributed by atoms with Gasteiger partial charge in [0.05, 0.1) is 11.6 Å². The highest BCUT2D eigenvalue weighted by Gasteiger charge is 2.01. The Balaban J connectivity index is 2.52. The van der Waals surface area contributed by atoms with Gasteiger partial charge in [-0.2, -0.15) is 5.26 Å². The summed E-state index contributed by atoms with van der Waals surface area (Å²) >= 11 is 0. The number of hydrogen-bond donors (Lipinski definition) is 0. The van der Waals surface area contributed by atoms with E-state index in [4.69, 9.17) is 5.26 Å². The van der Waals surface area contributed by atoms with Crippen molar-refractivity contribution in [1.82, 2.24) is 0 Å². The van der Waals surface area contributed by atoms with Gasteiger partial charge in [-0.3, -0.25) is 0 Å². The van der Waals surface area contributed by atoms with Crippen LogP contribution in [0.1, 0.15) is 5.56 Å². The molecule has 0 aromatic heterocycles. The molecule has 3 aromatic carbocycles. The minimum atomic E-state index is 0.708. The molecule has 1 radical (unpaired) electrons. The first-order valence-electron chi connectivity index (χ1n) is 5.12. The Morgan fingerprint density at radius 3 is 2.50 bits per heavy atom. The van der Waals surface area contributed by atoms with Gasteiger partial charge in [0.25, 0.3) is 0 Å². The van der Waals surface area contributed by atoms with Crippen LogP contribution < -0.4 is 0 Å². The summed E-state index contributed by atoms with van der Waals surface area (Å²) in [6.45, 7) is 0. The highest BCUT2D eigenvalue weighted by Crippen LogP contribution is 2.24. The van der Waals surface area contributed by atoms with E-state index in [0.29, 0.717) is 5.56 Å². The first-order chi connectivity index (χ1) is 7.88. The van der Waals surface area contributed by atoms with Crippen molar-refractivity contribution in [2.45, 2.75) is 0 Å². The number of benzene rings is 3. The monoisotopic (exact) mass is 202 g/mol. The molecule has 1 heteroatoms. The molecule has 1 nitrogen and oxygen atoms in total. The molecule has 0 fully saturated rings. The van der Waals surface area contributed by atoms with Crippen molar-refractivity contribution < 1.29 is 0 Å². The Hall–Kier alpha value is -2.33. The summed E-state index contributed by atoms with van der Waals surface area (Å²) in [5, 5.41) is 13.4. The molecular weight excluding hydrogens is 194 g/mol. The summed E-state index contributed by atoms with van der Waals surface area (Å²) in [5.41, 5.74) is 0.708. The van der Waals surface area contributed by atoms with Crippen molar-refractivity contribution in [1.29, 1.82) is 5.26 Å². The van der Waals surface area contributed by atoms with Crippen molar-refractivity contribution in [3.8, 4) is 6.07 Å². The highest BCUT2D eigenvalue weighted by molar-refractivity contribution is 6.00. The van der Waals surface area contributed by atoms with Crippen molar-refractivity contribution in [2.24, 2.45) is 0 Å². The number of fused-ring (bicyclic) bond motifs is 2. The number of hydrogen-bond acceptors (Lipinski definition) is 1. The van der Waals surface area contributed by atoms with Crippen molar-refractivity contribution >= 4 is 21.5 Å². The van der Waals surface area contributed by atoms with Gasteiger partial charge in [-0.05, 0) is 40.4 Å². The average Bonchev–Trinajstić information content (AvgIpc) is 2.35. The van der Waals surface area contributed by atoms with Crippen LogP contribution in [0.4, 0.5) is 0 Å². The lowest BCUT2D eigenvalue weighted by molar-refractivity contribution is 1.50. The topological polar surface area (TPSA) is 23.8 Å². The summed E-state index contributed by atoms with van der Waals surface area (Å²) in [5.74, 6) is 0. The average molecular weight is 202 g/mol. The molecule has 0 amide bonds. The lowest BCUT2D eigenvalue weighted by Crippen LogP contribution is -1.80. The van der Waals surface area contributed by atoms with E-state index < -0.39 is 0 Å². The second-order valence-electron chi connectivity index (χ2n) is 3.75. The number of rotatable bonds is 0. The van der Waals surface area contributed by atoms with Gasteiger partial charge in [0.15, 0.2) is 0 Å². The molecule has 0 aliphatic carbocycles. The van der Waals surface area contributed by atoms with E-state index in [-0.39, 0.29) is 0 Å². The fraction of sp³-hybridized carbons (Fsp3) is 0. The van der Waals surface area contributed by atoms with E-state index in [9.17, 15) is 0 Å². The van der Waals surface area contributed by atoms with Crippen molar-refractivity contribution in [2.75, 3.05) is 0 Å². The third kappa shape index (κ3) is 1.24. The molecular formula is C15H8N. The van der Waals surface area contributed by atoms with Crippen LogP contribution >= 0.6 is 0 Å². The zero-order valence-corrected chi connectivity index (χ0v) is 8.57. The quantitative estimate of drug-likeness (QED) is 0.510. The fourth-order valence-electron chi connectivity index (χ4n) is 1.98. The van der Waals surface area contributed by atoms with E-state index in [0.717, 1.165) is 16.2 Å². The van der Waals surface area contributed by atoms with Crippen LogP contribution in [-0.4, -0.2) is 0 Å². The van der Waals surface area contributed by atoms with Crippen LogP contribution in [-0.2, 0) is 0 Å². The maximum Gasteiger partial charge on any atom is 0.0998 e.